The highest BCUT2D eigenvalue weighted by Gasteiger charge is 1.94. The zero-order valence-electron chi connectivity index (χ0n) is 9.54. The van der Waals surface area contributed by atoms with E-state index >= 15 is 0 Å². The van der Waals surface area contributed by atoms with E-state index in [2.05, 4.69) is 10.3 Å². The van der Waals surface area contributed by atoms with E-state index in [4.69, 9.17) is 19.9 Å². The van der Waals surface area contributed by atoms with Crippen LogP contribution in [0, 0.1) is 0 Å². The molecule has 0 aromatic carbocycles. The van der Waals surface area contributed by atoms with Crippen LogP contribution in [0.25, 0.3) is 0 Å². The molecule has 0 aliphatic carbocycles. The molecule has 6 nitrogen and oxygen atoms in total. The molecule has 0 bridgehead atoms. The summed E-state index contributed by atoms with van der Waals surface area (Å²) in [5, 5.41) is 2.99. The van der Waals surface area contributed by atoms with Gasteiger partial charge in [-0.25, -0.2) is 4.99 Å². The molecule has 0 spiro atoms. The van der Waals surface area contributed by atoms with E-state index in [0.717, 1.165) is 6.54 Å². The standard InChI is InChI=1S/C9H21N3O3/c1-11-3-5-14-7-8-15-6-4-12-9(10)13-2/h11H,3-8H2,1-2H3,(H2,10,12)/p+1. The maximum Gasteiger partial charge on any atom is 0.439 e. The number of hydrogen-bond acceptors (Lipinski definition) is 4. The van der Waals surface area contributed by atoms with E-state index in [9.17, 15) is 0 Å². The third kappa shape index (κ3) is 11.1. The van der Waals surface area contributed by atoms with Crippen LogP contribution >= 0.6 is 0 Å². The van der Waals surface area contributed by atoms with E-state index in [0.29, 0.717) is 39.0 Å². The Bertz CT molecular complexity index is 165. The third-order valence-electron chi connectivity index (χ3n) is 1.63. The fourth-order valence-corrected chi connectivity index (χ4v) is 0.815. The highest BCUT2D eigenvalue weighted by Crippen LogP contribution is 1.76. The molecule has 0 aliphatic heterocycles. The Kier molecular flexibility index (Phi) is 10.6. The lowest BCUT2D eigenvalue weighted by Crippen LogP contribution is -2.77. The second-order valence-corrected chi connectivity index (χ2v) is 2.82. The zero-order valence-corrected chi connectivity index (χ0v) is 9.54. The largest absolute Gasteiger partial charge is 0.439 e. The number of amidine groups is 1. The summed E-state index contributed by atoms with van der Waals surface area (Å²) in [4.78, 5) is 2.84. The molecule has 0 heterocycles. The summed E-state index contributed by atoms with van der Waals surface area (Å²) < 4.78 is 15.3. The molecule has 15 heavy (non-hydrogen) atoms. The number of ether oxygens (including phenoxy) is 3. The molecular weight excluding hydrogens is 198 g/mol. The predicted octanol–water partition coefficient (Wildman–Crippen LogP) is -2.72. The van der Waals surface area contributed by atoms with Crippen LogP contribution < -0.4 is 16.0 Å². The van der Waals surface area contributed by atoms with Crippen LogP contribution in [0.2, 0.25) is 0 Å². The van der Waals surface area contributed by atoms with Crippen molar-refractivity contribution in [3.8, 4) is 0 Å². The predicted molar refractivity (Wildman–Crippen MR) is 57.6 cm³/mol. The first-order valence-corrected chi connectivity index (χ1v) is 5.01. The molecule has 0 saturated heterocycles. The van der Waals surface area contributed by atoms with Gasteiger partial charge in [0.15, 0.2) is 0 Å². The minimum Gasteiger partial charge on any atom is -0.435 e. The van der Waals surface area contributed by atoms with Crippen molar-refractivity contribution in [1.82, 2.24) is 5.32 Å². The molecule has 0 aromatic heterocycles. The molecule has 4 N–H and O–H groups in total. The summed E-state index contributed by atoms with van der Waals surface area (Å²) >= 11 is 0. The monoisotopic (exact) mass is 220 g/mol. The summed E-state index contributed by atoms with van der Waals surface area (Å²) in [6, 6.07) is 0.309. The van der Waals surface area contributed by atoms with E-state index in [1.807, 2.05) is 7.05 Å². The van der Waals surface area contributed by atoms with Crippen molar-refractivity contribution < 1.29 is 19.2 Å². The average Bonchev–Trinajstić information content (AvgIpc) is 2.26. The maximum absolute atomic E-state index is 5.36. The quantitative estimate of drug-likeness (QED) is 0.223. The van der Waals surface area contributed by atoms with Gasteiger partial charge in [0, 0.05) is 6.54 Å². The second-order valence-electron chi connectivity index (χ2n) is 2.82. The molecule has 0 rings (SSSR count). The molecule has 0 unspecified atom stereocenters. The topological polar surface area (TPSA) is 79.7 Å². The minimum atomic E-state index is 0.309. The van der Waals surface area contributed by atoms with Gasteiger partial charge in [0.05, 0.1) is 33.5 Å². The number of rotatable bonds is 9. The lowest BCUT2D eigenvalue weighted by Gasteiger charge is -2.03. The van der Waals surface area contributed by atoms with Crippen LogP contribution in [-0.2, 0) is 14.2 Å². The van der Waals surface area contributed by atoms with Crippen molar-refractivity contribution >= 4 is 6.02 Å². The molecule has 6 heteroatoms. The van der Waals surface area contributed by atoms with Crippen molar-refractivity contribution in [2.45, 2.75) is 0 Å². The molecule has 90 valence electrons. The summed E-state index contributed by atoms with van der Waals surface area (Å²) in [5.74, 6) is 0. The minimum absolute atomic E-state index is 0.309. The first-order valence-electron chi connectivity index (χ1n) is 5.01. The first-order chi connectivity index (χ1) is 7.31. The van der Waals surface area contributed by atoms with Crippen LogP contribution in [0.1, 0.15) is 0 Å². The lowest BCUT2D eigenvalue weighted by atomic mass is 10.6. The van der Waals surface area contributed by atoms with Crippen molar-refractivity contribution in [2.24, 2.45) is 5.73 Å². The van der Waals surface area contributed by atoms with Gasteiger partial charge in [0.1, 0.15) is 6.54 Å². The van der Waals surface area contributed by atoms with Crippen LogP contribution in [-0.4, -0.2) is 59.7 Å². The van der Waals surface area contributed by atoms with Gasteiger partial charge in [-0.3, -0.25) is 5.73 Å². The van der Waals surface area contributed by atoms with Gasteiger partial charge in [0.2, 0.25) is 0 Å². The Morgan fingerprint density at radius 1 is 1.20 bits per heavy atom. The number of nitrogens with two attached hydrogens (primary N) is 1. The normalized spacial score (nSPS) is 11.7. The first kappa shape index (κ1) is 14.2. The van der Waals surface area contributed by atoms with Crippen molar-refractivity contribution in [2.75, 3.05) is 53.7 Å². The third-order valence-corrected chi connectivity index (χ3v) is 1.63. The molecule has 0 fully saturated rings. The van der Waals surface area contributed by atoms with Crippen LogP contribution in [0.5, 0.6) is 0 Å². The summed E-state index contributed by atoms with van der Waals surface area (Å²) in [5.41, 5.74) is 5.36. The zero-order chi connectivity index (χ0) is 11.4. The Labute approximate surface area is 90.8 Å². The van der Waals surface area contributed by atoms with Crippen molar-refractivity contribution in [3.05, 3.63) is 0 Å². The second kappa shape index (κ2) is 11.2. The summed E-state index contributed by atoms with van der Waals surface area (Å²) in [6.07, 6.45) is 0. The highest BCUT2D eigenvalue weighted by atomic mass is 16.5. The summed E-state index contributed by atoms with van der Waals surface area (Å²) in [7, 11) is 3.40. The molecule has 0 atom stereocenters. The lowest BCUT2D eigenvalue weighted by molar-refractivity contribution is -0.472. The Hall–Kier alpha value is -0.850. The van der Waals surface area contributed by atoms with Gasteiger partial charge in [0.25, 0.3) is 0 Å². The summed E-state index contributed by atoms with van der Waals surface area (Å²) in [6.45, 7) is 4.00. The van der Waals surface area contributed by atoms with E-state index in [1.54, 1.807) is 0 Å². The fourth-order valence-electron chi connectivity index (χ4n) is 0.815. The Balaban J connectivity index is 3.05. The van der Waals surface area contributed by atoms with Gasteiger partial charge < -0.3 is 19.5 Å². The van der Waals surface area contributed by atoms with Gasteiger partial charge in [-0.1, -0.05) is 0 Å². The van der Waals surface area contributed by atoms with Crippen molar-refractivity contribution in [1.29, 1.82) is 0 Å². The molecular formula is C9H22N3O3+. The van der Waals surface area contributed by atoms with E-state index < -0.39 is 0 Å². The van der Waals surface area contributed by atoms with Gasteiger partial charge in [-0.2, -0.15) is 0 Å². The number of hydrogen-bond donors (Lipinski definition) is 3. The fraction of sp³-hybridized carbons (Fsp3) is 0.889. The van der Waals surface area contributed by atoms with E-state index in [1.165, 1.54) is 7.11 Å². The van der Waals surface area contributed by atoms with Gasteiger partial charge in [-0.05, 0) is 7.05 Å². The molecule has 0 radical (unpaired) electrons. The smallest absolute Gasteiger partial charge is 0.435 e. The SMILES string of the molecule is CNCCOCCOCC[NH+]=C(N)OC. The van der Waals surface area contributed by atoms with Crippen LogP contribution in [0.4, 0.5) is 0 Å². The number of likely N-dealkylation sites (N-methyl/N-ethyl adjacent to an activating group) is 1. The Morgan fingerprint density at radius 3 is 2.47 bits per heavy atom. The molecule has 0 aliphatic rings. The van der Waals surface area contributed by atoms with Crippen LogP contribution in [0.15, 0.2) is 0 Å². The number of methoxy groups -OCH3 is 1. The Morgan fingerprint density at radius 2 is 1.87 bits per heavy atom. The van der Waals surface area contributed by atoms with Gasteiger partial charge in [-0.15, -0.1) is 0 Å². The molecule has 0 aromatic rings. The highest BCUT2D eigenvalue weighted by molar-refractivity contribution is 5.64. The maximum atomic E-state index is 5.36. The van der Waals surface area contributed by atoms with Crippen LogP contribution in [0.3, 0.4) is 0 Å². The number of nitrogens with one attached hydrogen (secondary N) is 2. The average molecular weight is 220 g/mol. The molecule has 0 saturated carbocycles. The van der Waals surface area contributed by atoms with Gasteiger partial charge >= 0.3 is 6.02 Å². The van der Waals surface area contributed by atoms with Crippen molar-refractivity contribution in [3.63, 3.8) is 0 Å². The van der Waals surface area contributed by atoms with E-state index in [-0.39, 0.29) is 0 Å². The molecule has 0 amide bonds.